The van der Waals surface area contributed by atoms with Crippen LogP contribution in [0.25, 0.3) is 0 Å². The maximum absolute atomic E-state index is 11.9. The third kappa shape index (κ3) is 3.07. The van der Waals surface area contributed by atoms with E-state index in [2.05, 4.69) is 12.6 Å². The first kappa shape index (κ1) is 13.9. The summed E-state index contributed by atoms with van der Waals surface area (Å²) in [6.45, 7) is 0.678. The quantitative estimate of drug-likeness (QED) is 0.377. The SMILES string of the molecule is O=C1Cc2cc([N+](=O)[O-])ccc2N1CCCCCS. The molecule has 1 amide bonds. The van der Waals surface area contributed by atoms with Gasteiger partial charge in [-0.1, -0.05) is 6.42 Å². The van der Waals surface area contributed by atoms with Gasteiger partial charge in [-0.05, 0) is 30.2 Å². The van der Waals surface area contributed by atoms with E-state index in [-0.39, 0.29) is 18.0 Å². The maximum atomic E-state index is 11.9. The van der Waals surface area contributed by atoms with Crippen LogP contribution in [0, 0.1) is 10.1 Å². The Morgan fingerprint density at radius 2 is 2.11 bits per heavy atom. The van der Waals surface area contributed by atoms with Crippen molar-refractivity contribution in [2.45, 2.75) is 25.7 Å². The smallest absolute Gasteiger partial charge is 0.269 e. The standard InChI is InChI=1S/C13H16N2O3S/c16-13-9-10-8-11(15(17)18)4-5-12(10)14(13)6-2-1-3-7-19/h4-5,8,19H,1-3,6-7,9H2. The van der Waals surface area contributed by atoms with Crippen LogP contribution in [0.4, 0.5) is 11.4 Å². The Bertz CT molecular complexity index is 505. The van der Waals surface area contributed by atoms with Gasteiger partial charge in [0.05, 0.1) is 11.3 Å². The van der Waals surface area contributed by atoms with Crippen molar-refractivity contribution in [1.29, 1.82) is 0 Å². The molecule has 2 rings (SSSR count). The summed E-state index contributed by atoms with van der Waals surface area (Å²) in [5.41, 5.74) is 1.62. The van der Waals surface area contributed by atoms with Crippen molar-refractivity contribution in [2.75, 3.05) is 17.2 Å². The molecule has 1 aromatic rings. The topological polar surface area (TPSA) is 63.4 Å². The normalized spacial score (nSPS) is 13.7. The van der Waals surface area contributed by atoms with Crippen LogP contribution in [0.15, 0.2) is 18.2 Å². The number of unbranched alkanes of at least 4 members (excludes halogenated alkanes) is 2. The molecule has 5 nitrogen and oxygen atoms in total. The molecular weight excluding hydrogens is 264 g/mol. The highest BCUT2D eigenvalue weighted by atomic mass is 32.1. The molecule has 6 heteroatoms. The van der Waals surface area contributed by atoms with Gasteiger partial charge in [-0.3, -0.25) is 14.9 Å². The second kappa shape index (κ2) is 6.06. The molecule has 1 heterocycles. The highest BCUT2D eigenvalue weighted by Gasteiger charge is 2.28. The molecule has 0 saturated carbocycles. The van der Waals surface area contributed by atoms with E-state index in [0.29, 0.717) is 6.54 Å². The van der Waals surface area contributed by atoms with Gasteiger partial charge in [0.15, 0.2) is 0 Å². The number of fused-ring (bicyclic) bond motifs is 1. The second-order valence-corrected chi connectivity index (χ2v) is 5.02. The van der Waals surface area contributed by atoms with Gasteiger partial charge in [-0.15, -0.1) is 0 Å². The van der Waals surface area contributed by atoms with E-state index < -0.39 is 4.92 Å². The third-order valence-electron chi connectivity index (χ3n) is 3.25. The van der Waals surface area contributed by atoms with Crippen molar-refractivity contribution in [3.63, 3.8) is 0 Å². The number of anilines is 1. The first-order chi connectivity index (χ1) is 9.13. The molecule has 0 aromatic heterocycles. The van der Waals surface area contributed by atoms with Gasteiger partial charge < -0.3 is 4.90 Å². The zero-order valence-corrected chi connectivity index (χ0v) is 11.4. The van der Waals surface area contributed by atoms with Gasteiger partial charge in [0.2, 0.25) is 5.91 Å². The van der Waals surface area contributed by atoms with Gasteiger partial charge in [-0.2, -0.15) is 12.6 Å². The maximum Gasteiger partial charge on any atom is 0.269 e. The number of hydrogen-bond donors (Lipinski definition) is 1. The van der Waals surface area contributed by atoms with Crippen LogP contribution in [-0.2, 0) is 11.2 Å². The van der Waals surface area contributed by atoms with Crippen LogP contribution < -0.4 is 4.90 Å². The number of benzene rings is 1. The van der Waals surface area contributed by atoms with Crippen LogP contribution in [0.5, 0.6) is 0 Å². The summed E-state index contributed by atoms with van der Waals surface area (Å²) in [6.07, 6.45) is 3.28. The summed E-state index contributed by atoms with van der Waals surface area (Å²) in [6, 6.07) is 4.64. The fourth-order valence-corrected chi connectivity index (χ4v) is 2.51. The second-order valence-electron chi connectivity index (χ2n) is 4.58. The van der Waals surface area contributed by atoms with E-state index in [9.17, 15) is 14.9 Å². The fraction of sp³-hybridized carbons (Fsp3) is 0.462. The number of carbonyl (C=O) groups is 1. The lowest BCUT2D eigenvalue weighted by Crippen LogP contribution is -2.27. The van der Waals surface area contributed by atoms with Crippen molar-refractivity contribution in [3.8, 4) is 0 Å². The molecule has 0 fully saturated rings. The number of amides is 1. The summed E-state index contributed by atoms with van der Waals surface area (Å²) in [4.78, 5) is 23.9. The van der Waals surface area contributed by atoms with Gasteiger partial charge >= 0.3 is 0 Å². The van der Waals surface area contributed by atoms with E-state index in [1.165, 1.54) is 12.1 Å². The predicted octanol–water partition coefficient (Wildman–Crippen LogP) is 2.58. The molecule has 0 N–H and O–H groups in total. The number of nitro benzene ring substituents is 1. The molecule has 0 atom stereocenters. The van der Waals surface area contributed by atoms with Crippen LogP contribution in [-0.4, -0.2) is 23.1 Å². The monoisotopic (exact) mass is 280 g/mol. The van der Waals surface area contributed by atoms with E-state index in [1.54, 1.807) is 11.0 Å². The first-order valence-electron chi connectivity index (χ1n) is 6.32. The van der Waals surface area contributed by atoms with Crippen molar-refractivity contribution in [1.82, 2.24) is 0 Å². The largest absolute Gasteiger partial charge is 0.312 e. The van der Waals surface area contributed by atoms with Crippen molar-refractivity contribution in [2.24, 2.45) is 0 Å². The molecule has 0 radical (unpaired) electrons. The Labute approximate surface area is 117 Å². The number of non-ortho nitro benzene ring substituents is 1. The van der Waals surface area contributed by atoms with Gasteiger partial charge in [-0.25, -0.2) is 0 Å². The van der Waals surface area contributed by atoms with Crippen LogP contribution >= 0.6 is 12.6 Å². The summed E-state index contributed by atoms with van der Waals surface area (Å²) in [5.74, 6) is 0.887. The molecule has 1 aliphatic rings. The summed E-state index contributed by atoms with van der Waals surface area (Å²) >= 11 is 4.15. The molecule has 0 unspecified atom stereocenters. The minimum atomic E-state index is -0.430. The highest BCUT2D eigenvalue weighted by Crippen LogP contribution is 2.32. The Kier molecular flexibility index (Phi) is 4.42. The number of hydrogen-bond acceptors (Lipinski definition) is 4. The van der Waals surface area contributed by atoms with Crippen LogP contribution in [0.1, 0.15) is 24.8 Å². The van der Waals surface area contributed by atoms with Crippen LogP contribution in [0.3, 0.4) is 0 Å². The average Bonchev–Trinajstić information content (AvgIpc) is 2.69. The Hall–Kier alpha value is -1.56. The van der Waals surface area contributed by atoms with E-state index >= 15 is 0 Å². The molecule has 0 saturated heterocycles. The van der Waals surface area contributed by atoms with Crippen LogP contribution in [0.2, 0.25) is 0 Å². The van der Waals surface area contributed by atoms with Gasteiger partial charge in [0, 0.05) is 24.4 Å². The predicted molar refractivity (Wildman–Crippen MR) is 76.9 cm³/mol. The number of thiol groups is 1. The summed E-state index contributed by atoms with van der Waals surface area (Å²) in [7, 11) is 0. The molecule has 0 aliphatic carbocycles. The van der Waals surface area contributed by atoms with Crippen molar-refractivity contribution < 1.29 is 9.72 Å². The number of rotatable bonds is 6. The van der Waals surface area contributed by atoms with E-state index in [0.717, 1.165) is 36.3 Å². The van der Waals surface area contributed by atoms with E-state index in [4.69, 9.17) is 0 Å². The van der Waals surface area contributed by atoms with Gasteiger partial charge in [0.25, 0.3) is 5.69 Å². The zero-order chi connectivity index (χ0) is 13.8. The lowest BCUT2D eigenvalue weighted by molar-refractivity contribution is -0.384. The Balaban J connectivity index is 2.09. The molecule has 0 spiro atoms. The minimum absolute atomic E-state index is 0.0290. The highest BCUT2D eigenvalue weighted by molar-refractivity contribution is 7.80. The van der Waals surface area contributed by atoms with Crippen molar-refractivity contribution >= 4 is 29.9 Å². The number of nitro groups is 1. The molecule has 19 heavy (non-hydrogen) atoms. The fourth-order valence-electron chi connectivity index (χ4n) is 2.29. The number of nitrogens with zero attached hydrogens (tertiary/aromatic N) is 2. The van der Waals surface area contributed by atoms with Crippen molar-refractivity contribution in [3.05, 3.63) is 33.9 Å². The zero-order valence-electron chi connectivity index (χ0n) is 10.5. The molecule has 0 bridgehead atoms. The van der Waals surface area contributed by atoms with Gasteiger partial charge in [0.1, 0.15) is 0 Å². The third-order valence-corrected chi connectivity index (χ3v) is 3.56. The number of carbonyl (C=O) groups excluding carboxylic acids is 1. The first-order valence-corrected chi connectivity index (χ1v) is 6.95. The molecule has 102 valence electrons. The Morgan fingerprint density at radius 1 is 1.32 bits per heavy atom. The molecular formula is C13H16N2O3S. The Morgan fingerprint density at radius 3 is 2.79 bits per heavy atom. The van der Waals surface area contributed by atoms with E-state index in [1.807, 2.05) is 0 Å². The lowest BCUT2D eigenvalue weighted by atomic mass is 10.1. The molecule has 1 aliphatic heterocycles. The molecule has 1 aromatic carbocycles. The lowest BCUT2D eigenvalue weighted by Gasteiger charge is -2.17. The average molecular weight is 280 g/mol. The summed E-state index contributed by atoms with van der Waals surface area (Å²) < 4.78 is 0. The minimum Gasteiger partial charge on any atom is -0.312 e. The summed E-state index contributed by atoms with van der Waals surface area (Å²) in [5, 5.41) is 10.7.